The summed E-state index contributed by atoms with van der Waals surface area (Å²) in [6, 6.07) is 15.7. The molecule has 0 aliphatic heterocycles. The van der Waals surface area contributed by atoms with Crippen LogP contribution in [0.15, 0.2) is 53.0 Å². The van der Waals surface area contributed by atoms with E-state index >= 15 is 0 Å². The first kappa shape index (κ1) is 16.1. The van der Waals surface area contributed by atoms with Crippen molar-refractivity contribution < 1.29 is 17.9 Å². The highest BCUT2D eigenvalue weighted by Crippen LogP contribution is 2.31. The van der Waals surface area contributed by atoms with Crippen LogP contribution in [0.4, 0.5) is 13.2 Å². The summed E-state index contributed by atoms with van der Waals surface area (Å²) in [5.41, 5.74) is 0. The van der Waals surface area contributed by atoms with Crippen LogP contribution in [0.1, 0.15) is 12.8 Å². The molecule has 120 valence electrons. The summed E-state index contributed by atoms with van der Waals surface area (Å²) in [6.07, 6.45) is -4.99. The third-order valence-corrected chi connectivity index (χ3v) is 4.14. The molecule has 23 heavy (non-hydrogen) atoms. The normalized spacial score (nSPS) is 12.0. The van der Waals surface area contributed by atoms with Gasteiger partial charge in [-0.2, -0.15) is 13.2 Å². The summed E-state index contributed by atoms with van der Waals surface area (Å²) in [6.45, 7) is 0.0550. The van der Waals surface area contributed by atoms with Gasteiger partial charge in [0.25, 0.3) is 0 Å². The van der Waals surface area contributed by atoms with E-state index in [1.54, 1.807) is 6.07 Å². The Morgan fingerprint density at radius 3 is 2.17 bits per heavy atom. The van der Waals surface area contributed by atoms with E-state index in [9.17, 15) is 13.2 Å². The third kappa shape index (κ3) is 3.96. The van der Waals surface area contributed by atoms with Crippen LogP contribution in [-0.4, -0.2) is 12.8 Å². The summed E-state index contributed by atoms with van der Waals surface area (Å²) in [4.78, 5) is 0. The lowest BCUT2D eigenvalue weighted by Crippen LogP contribution is -2.09. The van der Waals surface area contributed by atoms with E-state index in [4.69, 9.17) is 4.74 Å². The predicted molar refractivity (Wildman–Crippen MR) is 89.9 cm³/mol. The van der Waals surface area contributed by atoms with Crippen LogP contribution in [0.5, 0.6) is 5.75 Å². The minimum atomic E-state index is -4.13. The number of halogens is 4. The van der Waals surface area contributed by atoms with Crippen molar-refractivity contribution in [3.05, 3.63) is 53.0 Å². The Labute approximate surface area is 140 Å². The molecule has 3 aromatic carbocycles. The maximum Gasteiger partial charge on any atom is 0.389 e. The molecule has 0 heterocycles. The van der Waals surface area contributed by atoms with Gasteiger partial charge in [-0.25, -0.2) is 0 Å². The van der Waals surface area contributed by atoms with Gasteiger partial charge >= 0.3 is 6.18 Å². The average molecular weight is 383 g/mol. The molecule has 0 saturated carbocycles. The van der Waals surface area contributed by atoms with Crippen molar-refractivity contribution in [2.45, 2.75) is 19.0 Å². The number of fused-ring (bicyclic) bond motifs is 3. The van der Waals surface area contributed by atoms with Gasteiger partial charge in [-0.3, -0.25) is 0 Å². The first-order valence-corrected chi connectivity index (χ1v) is 8.03. The lowest BCUT2D eigenvalue weighted by Gasteiger charge is -2.10. The number of hydrogen-bond donors (Lipinski definition) is 0. The highest BCUT2D eigenvalue weighted by atomic mass is 79.9. The zero-order chi connectivity index (χ0) is 16.4. The molecule has 0 saturated heterocycles. The lowest BCUT2D eigenvalue weighted by molar-refractivity contribution is -0.136. The van der Waals surface area contributed by atoms with E-state index in [1.807, 2.05) is 42.5 Å². The molecule has 0 amide bonds. The highest BCUT2D eigenvalue weighted by Gasteiger charge is 2.26. The molecule has 3 rings (SSSR count). The largest absolute Gasteiger partial charge is 0.494 e. The minimum Gasteiger partial charge on any atom is -0.494 e. The molecule has 5 heteroatoms. The van der Waals surface area contributed by atoms with Gasteiger partial charge in [-0.1, -0.05) is 40.2 Å². The van der Waals surface area contributed by atoms with Crippen LogP contribution in [-0.2, 0) is 0 Å². The van der Waals surface area contributed by atoms with Crippen molar-refractivity contribution in [2.24, 2.45) is 0 Å². The summed E-state index contributed by atoms with van der Waals surface area (Å²) in [7, 11) is 0. The fourth-order valence-corrected chi connectivity index (χ4v) is 2.91. The standard InChI is InChI=1S/C18H14BrF3O/c19-14-6-4-12-2-3-13-5-7-15(11-17(13)16(12)10-14)23-9-1-8-18(20,21)22/h2-7,10-11H,1,8-9H2. The molecule has 0 aliphatic carbocycles. The van der Waals surface area contributed by atoms with E-state index < -0.39 is 12.6 Å². The molecule has 3 aromatic rings. The molecular formula is C18H14BrF3O. The van der Waals surface area contributed by atoms with Crippen molar-refractivity contribution >= 4 is 37.5 Å². The van der Waals surface area contributed by atoms with E-state index in [-0.39, 0.29) is 13.0 Å². The Bertz CT molecular complexity index is 843. The van der Waals surface area contributed by atoms with Gasteiger partial charge < -0.3 is 4.74 Å². The quantitative estimate of drug-likeness (QED) is 0.370. The molecule has 0 radical (unpaired) electrons. The molecule has 0 N–H and O–H groups in total. The van der Waals surface area contributed by atoms with Gasteiger partial charge in [0.1, 0.15) is 5.75 Å². The number of benzene rings is 3. The zero-order valence-corrected chi connectivity index (χ0v) is 13.7. The Balaban J connectivity index is 1.85. The zero-order valence-electron chi connectivity index (χ0n) is 12.2. The second-order valence-corrected chi connectivity index (χ2v) is 6.30. The highest BCUT2D eigenvalue weighted by molar-refractivity contribution is 9.10. The molecule has 0 fully saturated rings. The smallest absolute Gasteiger partial charge is 0.389 e. The lowest BCUT2D eigenvalue weighted by atomic mass is 10.0. The first-order valence-electron chi connectivity index (χ1n) is 7.24. The molecular weight excluding hydrogens is 369 g/mol. The Kier molecular flexibility index (Phi) is 4.48. The molecule has 0 atom stereocenters. The van der Waals surface area contributed by atoms with Crippen molar-refractivity contribution in [1.82, 2.24) is 0 Å². The van der Waals surface area contributed by atoms with E-state index in [2.05, 4.69) is 15.9 Å². The van der Waals surface area contributed by atoms with Crippen LogP contribution in [0.25, 0.3) is 21.5 Å². The first-order chi connectivity index (χ1) is 10.9. The van der Waals surface area contributed by atoms with Crippen LogP contribution >= 0.6 is 15.9 Å². The fraction of sp³-hybridized carbons (Fsp3) is 0.222. The van der Waals surface area contributed by atoms with Gasteiger partial charge in [0.05, 0.1) is 6.61 Å². The van der Waals surface area contributed by atoms with Gasteiger partial charge in [0, 0.05) is 10.9 Å². The van der Waals surface area contributed by atoms with Gasteiger partial charge in [-0.05, 0) is 52.2 Å². The average Bonchev–Trinajstić information content (AvgIpc) is 2.50. The maximum atomic E-state index is 12.1. The molecule has 1 nitrogen and oxygen atoms in total. The topological polar surface area (TPSA) is 9.23 Å². The summed E-state index contributed by atoms with van der Waals surface area (Å²) in [5.74, 6) is 0.590. The summed E-state index contributed by atoms with van der Waals surface area (Å²) >= 11 is 3.47. The fourth-order valence-electron chi connectivity index (χ4n) is 2.55. The molecule has 0 bridgehead atoms. The number of rotatable bonds is 4. The summed E-state index contributed by atoms with van der Waals surface area (Å²) in [5, 5.41) is 4.28. The molecule has 0 aliphatic rings. The molecule has 0 aromatic heterocycles. The van der Waals surface area contributed by atoms with E-state index in [1.165, 1.54) is 0 Å². The van der Waals surface area contributed by atoms with Gasteiger partial charge in [-0.15, -0.1) is 0 Å². The number of alkyl halides is 3. The SMILES string of the molecule is FC(F)(F)CCCOc1ccc2ccc3ccc(Br)cc3c2c1. The van der Waals surface area contributed by atoms with Gasteiger partial charge in [0.15, 0.2) is 0 Å². The maximum absolute atomic E-state index is 12.1. The van der Waals surface area contributed by atoms with Crippen molar-refractivity contribution in [2.75, 3.05) is 6.61 Å². The monoisotopic (exact) mass is 382 g/mol. The Hall–Kier alpha value is -1.75. The summed E-state index contributed by atoms with van der Waals surface area (Å²) < 4.78 is 42.9. The minimum absolute atomic E-state index is 0.0391. The Morgan fingerprint density at radius 1 is 0.870 bits per heavy atom. The van der Waals surface area contributed by atoms with E-state index in [0.29, 0.717) is 5.75 Å². The number of hydrogen-bond acceptors (Lipinski definition) is 1. The predicted octanol–water partition coefficient (Wildman–Crippen LogP) is 6.48. The van der Waals surface area contributed by atoms with Crippen molar-refractivity contribution in [3.63, 3.8) is 0 Å². The van der Waals surface area contributed by atoms with Crippen molar-refractivity contribution in [3.8, 4) is 5.75 Å². The van der Waals surface area contributed by atoms with Crippen molar-refractivity contribution in [1.29, 1.82) is 0 Å². The second kappa shape index (κ2) is 6.40. The van der Waals surface area contributed by atoms with Crippen LogP contribution in [0.2, 0.25) is 0 Å². The number of ether oxygens (including phenoxy) is 1. The van der Waals surface area contributed by atoms with Crippen LogP contribution < -0.4 is 4.74 Å². The van der Waals surface area contributed by atoms with E-state index in [0.717, 1.165) is 26.0 Å². The second-order valence-electron chi connectivity index (χ2n) is 5.38. The van der Waals surface area contributed by atoms with Crippen LogP contribution in [0.3, 0.4) is 0 Å². The molecule has 0 spiro atoms. The van der Waals surface area contributed by atoms with Crippen LogP contribution in [0, 0.1) is 0 Å². The van der Waals surface area contributed by atoms with Gasteiger partial charge in [0.2, 0.25) is 0 Å². The Morgan fingerprint density at radius 2 is 1.48 bits per heavy atom. The molecule has 0 unspecified atom stereocenters. The third-order valence-electron chi connectivity index (χ3n) is 3.65.